The van der Waals surface area contributed by atoms with Crippen molar-refractivity contribution in [1.82, 2.24) is 14.1 Å². The minimum absolute atomic E-state index is 0.186. The standard InChI is InChI=1S/C30H32FN3O2S/c1-21-28-18-32-34(27-13-11-26(31)12-14-27)29(28)17-24-9-10-25(30(21)24)20-33(19-23-7-8-23)37(35,36)16-15-22-5-3-2-4-6-22/h2-6,11-16,18,21,23,25H,7-10,17,19-20H2,1H3/b16-15+/t21-,25+/m0/s1. The van der Waals surface area contributed by atoms with Crippen molar-refractivity contribution in [1.29, 1.82) is 0 Å². The molecule has 6 rings (SSSR count). The molecule has 7 heteroatoms. The van der Waals surface area contributed by atoms with E-state index in [9.17, 15) is 12.8 Å². The summed E-state index contributed by atoms with van der Waals surface area (Å²) in [5.41, 5.74) is 6.91. The normalized spacial score (nSPS) is 21.6. The summed E-state index contributed by atoms with van der Waals surface area (Å²) < 4.78 is 44.1. The van der Waals surface area contributed by atoms with Crippen LogP contribution < -0.4 is 0 Å². The van der Waals surface area contributed by atoms with Gasteiger partial charge in [0, 0.05) is 36.4 Å². The van der Waals surface area contributed by atoms with Gasteiger partial charge in [0.1, 0.15) is 5.82 Å². The van der Waals surface area contributed by atoms with E-state index >= 15 is 0 Å². The lowest BCUT2D eigenvalue weighted by Crippen LogP contribution is -2.36. The monoisotopic (exact) mass is 517 g/mol. The molecule has 1 heterocycles. The van der Waals surface area contributed by atoms with Crippen molar-refractivity contribution in [2.75, 3.05) is 13.1 Å². The Hall–Kier alpha value is -3.03. The van der Waals surface area contributed by atoms with Gasteiger partial charge in [-0.25, -0.2) is 17.5 Å². The van der Waals surface area contributed by atoms with E-state index in [1.807, 2.05) is 41.2 Å². The highest BCUT2D eigenvalue weighted by Crippen LogP contribution is 2.47. The largest absolute Gasteiger partial charge is 0.237 e. The molecular weight excluding hydrogens is 485 g/mol. The van der Waals surface area contributed by atoms with Gasteiger partial charge in [-0.3, -0.25) is 0 Å². The lowest BCUT2D eigenvalue weighted by atomic mass is 9.80. The molecule has 1 fully saturated rings. The molecule has 192 valence electrons. The van der Waals surface area contributed by atoms with Gasteiger partial charge in [0.2, 0.25) is 10.0 Å². The number of halogens is 1. The van der Waals surface area contributed by atoms with E-state index in [-0.39, 0.29) is 17.7 Å². The third kappa shape index (κ3) is 4.94. The molecular formula is C30H32FN3O2S. The summed E-state index contributed by atoms with van der Waals surface area (Å²) in [7, 11) is -3.53. The third-order valence-corrected chi connectivity index (χ3v) is 9.60. The van der Waals surface area contributed by atoms with Gasteiger partial charge >= 0.3 is 0 Å². The number of hydrogen-bond donors (Lipinski definition) is 0. The zero-order valence-corrected chi connectivity index (χ0v) is 21.9. The summed E-state index contributed by atoms with van der Waals surface area (Å²) in [6.07, 6.45) is 8.62. The van der Waals surface area contributed by atoms with Crippen LogP contribution in [-0.2, 0) is 16.4 Å². The Bertz CT molecular complexity index is 1450. The molecule has 37 heavy (non-hydrogen) atoms. The van der Waals surface area contributed by atoms with Gasteiger partial charge in [-0.05, 0) is 73.4 Å². The van der Waals surface area contributed by atoms with Crippen molar-refractivity contribution in [2.45, 2.75) is 44.9 Å². The average Bonchev–Trinajstić information content (AvgIpc) is 3.47. The fourth-order valence-corrected chi connectivity index (χ4v) is 7.32. The molecule has 0 amide bonds. The van der Waals surface area contributed by atoms with Crippen molar-refractivity contribution < 1.29 is 12.8 Å². The van der Waals surface area contributed by atoms with E-state index in [0.29, 0.717) is 19.0 Å². The first-order valence-corrected chi connectivity index (χ1v) is 14.7. The van der Waals surface area contributed by atoms with Crippen molar-refractivity contribution in [3.8, 4) is 5.69 Å². The first-order chi connectivity index (χ1) is 17.9. The summed E-state index contributed by atoms with van der Waals surface area (Å²) in [5.74, 6) is 0.613. The summed E-state index contributed by atoms with van der Waals surface area (Å²) >= 11 is 0. The molecule has 2 aromatic carbocycles. The van der Waals surface area contributed by atoms with Gasteiger partial charge in [-0.2, -0.15) is 9.40 Å². The van der Waals surface area contributed by atoms with Crippen LogP contribution in [-0.4, -0.2) is 35.6 Å². The molecule has 0 bridgehead atoms. The molecule has 0 aliphatic heterocycles. The van der Waals surface area contributed by atoms with Crippen LogP contribution in [0.1, 0.15) is 55.3 Å². The van der Waals surface area contributed by atoms with Crippen LogP contribution in [0.5, 0.6) is 0 Å². The Kier molecular flexibility index (Phi) is 6.37. The molecule has 1 aromatic heterocycles. The van der Waals surface area contributed by atoms with Crippen LogP contribution in [0.2, 0.25) is 0 Å². The minimum atomic E-state index is -3.53. The van der Waals surface area contributed by atoms with Gasteiger partial charge in [0.25, 0.3) is 0 Å². The van der Waals surface area contributed by atoms with E-state index < -0.39 is 10.0 Å². The van der Waals surface area contributed by atoms with E-state index in [1.54, 1.807) is 22.5 Å². The Labute approximate surface area is 218 Å². The molecule has 2 atom stereocenters. The molecule has 3 aliphatic carbocycles. The van der Waals surface area contributed by atoms with Crippen LogP contribution in [0.3, 0.4) is 0 Å². The van der Waals surface area contributed by atoms with Crippen LogP contribution in [0.4, 0.5) is 4.39 Å². The van der Waals surface area contributed by atoms with Crippen LogP contribution >= 0.6 is 0 Å². The minimum Gasteiger partial charge on any atom is -0.237 e. The maximum atomic E-state index is 13.5. The fraction of sp³-hybridized carbons (Fsp3) is 0.367. The quantitative estimate of drug-likeness (QED) is 0.340. The van der Waals surface area contributed by atoms with Crippen molar-refractivity contribution in [3.63, 3.8) is 0 Å². The Morgan fingerprint density at radius 1 is 1.05 bits per heavy atom. The van der Waals surface area contributed by atoms with E-state index in [1.165, 1.54) is 34.3 Å². The predicted molar refractivity (Wildman–Crippen MR) is 144 cm³/mol. The second-order valence-electron chi connectivity index (χ2n) is 10.6. The first-order valence-electron chi connectivity index (χ1n) is 13.2. The topological polar surface area (TPSA) is 55.2 Å². The lowest BCUT2D eigenvalue weighted by molar-refractivity contribution is 0.351. The molecule has 0 radical (unpaired) electrons. The van der Waals surface area contributed by atoms with Crippen molar-refractivity contribution in [2.24, 2.45) is 11.8 Å². The Morgan fingerprint density at radius 3 is 2.54 bits per heavy atom. The molecule has 0 N–H and O–H groups in total. The number of rotatable bonds is 8. The second kappa shape index (κ2) is 9.69. The number of benzene rings is 2. The highest BCUT2D eigenvalue weighted by molar-refractivity contribution is 7.92. The van der Waals surface area contributed by atoms with Crippen LogP contribution in [0.25, 0.3) is 11.8 Å². The fourth-order valence-electron chi connectivity index (χ4n) is 6.01. The zero-order chi connectivity index (χ0) is 25.6. The smallest absolute Gasteiger partial charge is 0.236 e. The molecule has 3 aromatic rings. The first kappa shape index (κ1) is 24.3. The summed E-state index contributed by atoms with van der Waals surface area (Å²) in [4.78, 5) is 0. The van der Waals surface area contributed by atoms with E-state index in [0.717, 1.165) is 49.0 Å². The highest BCUT2D eigenvalue weighted by atomic mass is 32.2. The van der Waals surface area contributed by atoms with E-state index in [4.69, 9.17) is 0 Å². The van der Waals surface area contributed by atoms with Gasteiger partial charge < -0.3 is 0 Å². The zero-order valence-electron chi connectivity index (χ0n) is 21.1. The second-order valence-corrected chi connectivity index (χ2v) is 12.5. The van der Waals surface area contributed by atoms with Crippen molar-refractivity contribution >= 4 is 16.1 Å². The Morgan fingerprint density at radius 2 is 1.81 bits per heavy atom. The number of hydrogen-bond acceptors (Lipinski definition) is 3. The van der Waals surface area contributed by atoms with Gasteiger partial charge in [-0.1, -0.05) is 48.4 Å². The third-order valence-electron chi connectivity index (χ3n) is 8.10. The van der Waals surface area contributed by atoms with Gasteiger partial charge in [-0.15, -0.1) is 0 Å². The Balaban J connectivity index is 1.25. The lowest BCUT2D eigenvalue weighted by Gasteiger charge is -2.30. The van der Waals surface area contributed by atoms with Crippen LogP contribution in [0.15, 0.2) is 77.3 Å². The summed E-state index contributed by atoms with van der Waals surface area (Å²) in [6.45, 7) is 3.35. The number of sulfonamides is 1. The molecule has 5 nitrogen and oxygen atoms in total. The highest BCUT2D eigenvalue weighted by Gasteiger charge is 2.39. The molecule has 0 spiro atoms. The summed E-state index contributed by atoms with van der Waals surface area (Å²) in [5, 5.41) is 6.03. The predicted octanol–water partition coefficient (Wildman–Crippen LogP) is 6.09. The van der Waals surface area contributed by atoms with E-state index in [2.05, 4.69) is 12.0 Å². The van der Waals surface area contributed by atoms with Crippen LogP contribution in [0, 0.1) is 17.7 Å². The maximum absolute atomic E-state index is 13.5. The summed E-state index contributed by atoms with van der Waals surface area (Å²) in [6, 6.07) is 16.0. The number of allylic oxidation sites excluding steroid dienone is 1. The molecule has 0 saturated heterocycles. The molecule has 1 saturated carbocycles. The molecule has 3 aliphatic rings. The number of aromatic nitrogens is 2. The molecule has 0 unspecified atom stereocenters. The SMILES string of the molecule is C[C@@H]1C2=C(CC[C@@H]2CN(CC2CC2)S(=O)(=O)/C=C/c2ccccc2)Cc2c1cnn2-c1ccc(F)cc1. The number of nitrogens with zero attached hydrogens (tertiary/aromatic N) is 3. The van der Waals surface area contributed by atoms with Gasteiger partial charge in [0.05, 0.1) is 17.6 Å². The average molecular weight is 518 g/mol. The van der Waals surface area contributed by atoms with Gasteiger partial charge in [0.15, 0.2) is 0 Å². The maximum Gasteiger partial charge on any atom is 0.236 e. The van der Waals surface area contributed by atoms with Crippen molar-refractivity contribution in [3.05, 3.63) is 100.0 Å². The number of fused-ring (bicyclic) bond motifs is 1.